The highest BCUT2D eigenvalue weighted by atomic mass is 35.5. The number of aldehydes is 1. The number of aromatic nitrogens is 1. The van der Waals surface area contributed by atoms with Crippen LogP contribution in [0.2, 0.25) is 10.0 Å². The van der Waals surface area contributed by atoms with E-state index in [1.165, 1.54) is 0 Å². The van der Waals surface area contributed by atoms with Crippen LogP contribution in [0.15, 0.2) is 16.7 Å². The number of benzene rings is 1. The minimum absolute atomic E-state index is 0.243. The Labute approximate surface area is 137 Å². The quantitative estimate of drug-likeness (QED) is 0.458. The lowest BCUT2D eigenvalue weighted by atomic mass is 9.97. The van der Waals surface area contributed by atoms with Crippen LogP contribution in [-0.2, 0) is 0 Å². The van der Waals surface area contributed by atoms with Crippen molar-refractivity contribution in [3.8, 4) is 0 Å². The van der Waals surface area contributed by atoms with Gasteiger partial charge in [-0.15, -0.1) is 0 Å². The molecule has 3 nitrogen and oxygen atoms in total. The van der Waals surface area contributed by atoms with Crippen LogP contribution in [0, 0.1) is 6.92 Å². The fourth-order valence-corrected chi connectivity index (χ4v) is 3.08. The maximum Gasteiger partial charge on any atom is 0.172 e. The van der Waals surface area contributed by atoms with Gasteiger partial charge in [0.15, 0.2) is 12.0 Å². The molecule has 0 N–H and O–H groups in total. The Hall–Kier alpha value is -1.23. The van der Waals surface area contributed by atoms with Crippen molar-refractivity contribution in [1.82, 2.24) is 5.16 Å². The van der Waals surface area contributed by atoms with E-state index < -0.39 is 0 Å². The van der Waals surface area contributed by atoms with Crippen molar-refractivity contribution in [2.24, 2.45) is 0 Å². The molecule has 1 aliphatic rings. The maximum absolute atomic E-state index is 11.2. The number of hydrogen-bond donors (Lipinski definition) is 0. The second kappa shape index (κ2) is 5.52. The zero-order valence-electron chi connectivity index (χ0n) is 11.2. The van der Waals surface area contributed by atoms with Gasteiger partial charge in [-0.2, -0.15) is 0 Å². The van der Waals surface area contributed by atoms with E-state index in [0.717, 1.165) is 24.0 Å². The van der Waals surface area contributed by atoms with Crippen molar-refractivity contribution < 1.29 is 9.32 Å². The Balaban J connectivity index is 2.13. The van der Waals surface area contributed by atoms with E-state index in [-0.39, 0.29) is 5.69 Å². The topological polar surface area (TPSA) is 43.1 Å². The second-order valence-electron chi connectivity index (χ2n) is 5.06. The fraction of sp³-hybridized carbons (Fsp3) is 0.267. The SMILES string of the molecule is Cc1c(C(=S)c2c(C=O)noc2C2CC2)ccc(Cl)c1Cl. The maximum atomic E-state index is 11.2. The van der Waals surface area contributed by atoms with Crippen LogP contribution in [-0.4, -0.2) is 16.3 Å². The fourth-order valence-electron chi connectivity index (χ4n) is 2.28. The number of thiocarbonyl (C=S) groups is 1. The van der Waals surface area contributed by atoms with E-state index in [2.05, 4.69) is 5.16 Å². The molecule has 0 aliphatic heterocycles. The van der Waals surface area contributed by atoms with Gasteiger partial charge in [0.25, 0.3) is 0 Å². The van der Waals surface area contributed by atoms with Gasteiger partial charge >= 0.3 is 0 Å². The Morgan fingerprint density at radius 1 is 1.43 bits per heavy atom. The van der Waals surface area contributed by atoms with E-state index in [4.69, 9.17) is 39.9 Å². The van der Waals surface area contributed by atoms with Crippen LogP contribution in [0.4, 0.5) is 0 Å². The van der Waals surface area contributed by atoms with Crippen molar-refractivity contribution in [3.63, 3.8) is 0 Å². The lowest BCUT2D eigenvalue weighted by Gasteiger charge is -2.10. The summed E-state index contributed by atoms with van der Waals surface area (Å²) in [6, 6.07) is 3.51. The molecule has 1 aliphatic carbocycles. The predicted octanol–water partition coefficient (Wildman–Crippen LogP) is 4.75. The number of carbonyl (C=O) groups excluding carboxylic acids is 1. The third-order valence-corrected chi connectivity index (χ3v) is 4.94. The van der Waals surface area contributed by atoms with Gasteiger partial charge < -0.3 is 4.52 Å². The first-order valence-electron chi connectivity index (χ1n) is 6.48. The molecule has 0 radical (unpaired) electrons. The molecule has 1 fully saturated rings. The Morgan fingerprint density at radius 3 is 2.76 bits per heavy atom. The first kappa shape index (κ1) is 14.7. The second-order valence-corrected chi connectivity index (χ2v) is 6.26. The highest BCUT2D eigenvalue weighted by molar-refractivity contribution is 7.81. The van der Waals surface area contributed by atoms with Crippen molar-refractivity contribution in [3.05, 3.63) is 50.3 Å². The van der Waals surface area contributed by atoms with E-state index in [1.54, 1.807) is 6.07 Å². The highest BCUT2D eigenvalue weighted by Crippen LogP contribution is 2.43. The molecule has 3 rings (SSSR count). The number of rotatable bonds is 4. The molecule has 6 heteroatoms. The molecule has 0 bridgehead atoms. The third-order valence-electron chi connectivity index (χ3n) is 3.62. The highest BCUT2D eigenvalue weighted by Gasteiger charge is 2.34. The monoisotopic (exact) mass is 339 g/mol. The minimum Gasteiger partial charge on any atom is -0.360 e. The number of carbonyl (C=O) groups is 1. The number of halogens is 2. The molecular formula is C15H11Cl2NO2S. The summed E-state index contributed by atoms with van der Waals surface area (Å²) in [5.41, 5.74) is 2.41. The van der Waals surface area contributed by atoms with E-state index in [0.29, 0.717) is 38.4 Å². The molecule has 0 atom stereocenters. The summed E-state index contributed by atoms with van der Waals surface area (Å²) in [6.45, 7) is 1.85. The summed E-state index contributed by atoms with van der Waals surface area (Å²) in [5.74, 6) is 1.01. The zero-order valence-corrected chi connectivity index (χ0v) is 13.5. The molecule has 1 saturated carbocycles. The van der Waals surface area contributed by atoms with Crippen LogP contribution in [0.3, 0.4) is 0 Å². The third kappa shape index (κ3) is 2.52. The number of nitrogens with zero attached hydrogens (tertiary/aromatic N) is 1. The Bertz CT molecular complexity index is 750. The van der Waals surface area contributed by atoms with Crippen molar-refractivity contribution in [1.29, 1.82) is 0 Å². The summed E-state index contributed by atoms with van der Waals surface area (Å²) in [7, 11) is 0. The molecular weight excluding hydrogens is 329 g/mol. The van der Waals surface area contributed by atoms with E-state index in [9.17, 15) is 4.79 Å². The smallest absolute Gasteiger partial charge is 0.172 e. The van der Waals surface area contributed by atoms with Crippen LogP contribution < -0.4 is 0 Å². The molecule has 1 aromatic carbocycles. The standard InChI is InChI=1S/C15H11Cl2NO2S/c1-7-9(4-5-10(16)13(7)17)15(21)12-11(6-19)18-20-14(12)8-2-3-8/h4-6,8H,2-3H2,1H3. The average molecular weight is 340 g/mol. The minimum atomic E-state index is 0.243. The lowest BCUT2D eigenvalue weighted by molar-refractivity contribution is 0.111. The van der Waals surface area contributed by atoms with Gasteiger partial charge in [0.05, 0.1) is 20.5 Å². The molecule has 0 unspecified atom stereocenters. The van der Waals surface area contributed by atoms with Gasteiger partial charge in [0.1, 0.15) is 5.76 Å². The average Bonchev–Trinajstić information content (AvgIpc) is 3.23. The van der Waals surface area contributed by atoms with Crippen LogP contribution >= 0.6 is 35.4 Å². The molecule has 0 spiro atoms. The van der Waals surface area contributed by atoms with Crippen LogP contribution in [0.25, 0.3) is 0 Å². The van der Waals surface area contributed by atoms with Crippen LogP contribution in [0.1, 0.15) is 51.7 Å². The summed E-state index contributed by atoms with van der Waals surface area (Å²) >= 11 is 17.7. The van der Waals surface area contributed by atoms with Crippen molar-refractivity contribution in [2.75, 3.05) is 0 Å². The molecule has 108 valence electrons. The van der Waals surface area contributed by atoms with Gasteiger partial charge in [-0.1, -0.05) is 46.6 Å². The van der Waals surface area contributed by atoms with E-state index >= 15 is 0 Å². The Morgan fingerprint density at radius 2 is 2.14 bits per heavy atom. The van der Waals surface area contributed by atoms with Crippen molar-refractivity contribution in [2.45, 2.75) is 25.7 Å². The summed E-state index contributed by atoms with van der Waals surface area (Å²) in [5, 5.41) is 4.76. The van der Waals surface area contributed by atoms with Gasteiger partial charge in [0, 0.05) is 5.92 Å². The molecule has 0 saturated heterocycles. The largest absolute Gasteiger partial charge is 0.360 e. The molecule has 1 aromatic heterocycles. The summed E-state index contributed by atoms with van der Waals surface area (Å²) in [6.07, 6.45) is 2.73. The van der Waals surface area contributed by atoms with Gasteiger partial charge in [0.2, 0.25) is 0 Å². The van der Waals surface area contributed by atoms with Gasteiger partial charge in [-0.25, -0.2) is 0 Å². The van der Waals surface area contributed by atoms with Crippen molar-refractivity contribution >= 4 is 46.6 Å². The van der Waals surface area contributed by atoms with Gasteiger partial charge in [-0.05, 0) is 37.0 Å². The molecule has 2 aromatic rings. The molecule has 0 amide bonds. The normalized spacial score (nSPS) is 14.2. The van der Waals surface area contributed by atoms with E-state index in [1.807, 2.05) is 13.0 Å². The first-order chi connectivity index (χ1) is 10.0. The summed E-state index contributed by atoms with van der Waals surface area (Å²) in [4.78, 5) is 11.7. The summed E-state index contributed by atoms with van der Waals surface area (Å²) < 4.78 is 5.32. The Kier molecular flexibility index (Phi) is 3.86. The van der Waals surface area contributed by atoms with Crippen LogP contribution in [0.5, 0.6) is 0 Å². The predicted molar refractivity (Wildman–Crippen MR) is 85.9 cm³/mol. The molecule has 21 heavy (non-hydrogen) atoms. The zero-order chi connectivity index (χ0) is 15.1. The lowest BCUT2D eigenvalue weighted by Crippen LogP contribution is -2.07. The van der Waals surface area contributed by atoms with Gasteiger partial charge in [-0.3, -0.25) is 4.79 Å². The molecule has 1 heterocycles. The first-order valence-corrected chi connectivity index (χ1v) is 7.65. The number of hydrogen-bond acceptors (Lipinski definition) is 4.